The molecule has 0 fully saturated rings. The van der Waals surface area contributed by atoms with Gasteiger partial charge in [-0.3, -0.25) is 20.4 Å². The van der Waals surface area contributed by atoms with Crippen molar-refractivity contribution in [2.45, 2.75) is 19.8 Å². The van der Waals surface area contributed by atoms with Gasteiger partial charge in [-0.1, -0.05) is 44.2 Å². The van der Waals surface area contributed by atoms with Gasteiger partial charge in [0.05, 0.1) is 6.54 Å². The highest BCUT2D eigenvalue weighted by atomic mass is 32.1. The van der Waals surface area contributed by atoms with Gasteiger partial charge in [-0.25, -0.2) is 0 Å². The van der Waals surface area contributed by atoms with Crippen molar-refractivity contribution in [1.82, 2.24) is 16.2 Å². The van der Waals surface area contributed by atoms with Crippen LogP contribution in [-0.4, -0.2) is 30.1 Å². The number of anilines is 1. The average molecular weight is 401 g/mol. The SMILES string of the molecule is CC(C)c1ccc(NC(=S)NNC(=O)CNC(=O)COc2ccccc2)cc1. The number of nitrogens with one attached hydrogen (secondary N) is 4. The molecule has 2 aromatic carbocycles. The third kappa shape index (κ3) is 7.63. The predicted molar refractivity (Wildman–Crippen MR) is 113 cm³/mol. The van der Waals surface area contributed by atoms with Crippen molar-refractivity contribution in [3.63, 3.8) is 0 Å². The monoisotopic (exact) mass is 400 g/mol. The molecule has 0 aliphatic heterocycles. The summed E-state index contributed by atoms with van der Waals surface area (Å²) in [5.41, 5.74) is 7.04. The Morgan fingerprint density at radius 2 is 1.64 bits per heavy atom. The fourth-order valence-corrected chi connectivity index (χ4v) is 2.35. The number of hydrogen-bond donors (Lipinski definition) is 4. The fraction of sp³-hybridized carbons (Fsp3) is 0.250. The minimum Gasteiger partial charge on any atom is -0.484 e. The van der Waals surface area contributed by atoms with Gasteiger partial charge in [-0.2, -0.15) is 0 Å². The Balaban J connectivity index is 1.63. The van der Waals surface area contributed by atoms with Gasteiger partial charge >= 0.3 is 0 Å². The number of hydrazine groups is 1. The summed E-state index contributed by atoms with van der Waals surface area (Å²) < 4.78 is 5.30. The number of thiocarbonyl (C=S) groups is 1. The van der Waals surface area contributed by atoms with E-state index < -0.39 is 11.8 Å². The standard InChI is InChI=1S/C20H24N4O3S/c1-14(2)15-8-10-16(11-9-15)22-20(28)24-23-18(25)12-21-19(26)13-27-17-6-4-3-5-7-17/h3-11,14H,12-13H2,1-2H3,(H,21,26)(H,23,25)(H2,22,24,28). The second kappa shape index (κ2) is 10.9. The number of carbonyl (C=O) groups excluding carboxylic acids is 2. The minimum atomic E-state index is -0.438. The van der Waals surface area contributed by atoms with Crippen LogP contribution in [-0.2, 0) is 9.59 Å². The number of benzene rings is 2. The summed E-state index contributed by atoms with van der Waals surface area (Å²) in [4.78, 5) is 23.5. The van der Waals surface area contributed by atoms with E-state index in [1.54, 1.807) is 12.1 Å². The van der Waals surface area contributed by atoms with E-state index in [1.165, 1.54) is 5.56 Å². The first-order valence-corrected chi connectivity index (χ1v) is 9.25. The third-order valence-electron chi connectivity index (χ3n) is 3.71. The van der Waals surface area contributed by atoms with E-state index in [0.717, 1.165) is 5.69 Å². The summed E-state index contributed by atoms with van der Waals surface area (Å²) in [5, 5.41) is 5.67. The number of carbonyl (C=O) groups is 2. The lowest BCUT2D eigenvalue weighted by molar-refractivity contribution is -0.127. The highest BCUT2D eigenvalue weighted by Gasteiger charge is 2.07. The number of para-hydroxylation sites is 1. The second-order valence-electron chi connectivity index (χ2n) is 6.28. The van der Waals surface area contributed by atoms with Crippen LogP contribution >= 0.6 is 12.2 Å². The van der Waals surface area contributed by atoms with Crippen molar-refractivity contribution in [2.75, 3.05) is 18.5 Å². The van der Waals surface area contributed by atoms with E-state index >= 15 is 0 Å². The largest absolute Gasteiger partial charge is 0.484 e. The lowest BCUT2D eigenvalue weighted by atomic mass is 10.0. The number of rotatable bonds is 7. The molecular weight excluding hydrogens is 376 g/mol. The van der Waals surface area contributed by atoms with Crippen LogP contribution in [0.5, 0.6) is 5.75 Å². The molecule has 0 aliphatic carbocycles. The summed E-state index contributed by atoms with van der Waals surface area (Å²) in [6, 6.07) is 16.8. The zero-order valence-electron chi connectivity index (χ0n) is 15.8. The number of amides is 2. The van der Waals surface area contributed by atoms with Crippen LogP contribution in [0.2, 0.25) is 0 Å². The number of ether oxygens (including phenoxy) is 1. The summed E-state index contributed by atoms with van der Waals surface area (Å²) in [7, 11) is 0. The Morgan fingerprint density at radius 3 is 2.29 bits per heavy atom. The Morgan fingerprint density at radius 1 is 0.964 bits per heavy atom. The topological polar surface area (TPSA) is 91.5 Å². The first-order valence-electron chi connectivity index (χ1n) is 8.84. The van der Waals surface area contributed by atoms with Crippen molar-refractivity contribution >= 4 is 34.8 Å². The van der Waals surface area contributed by atoms with E-state index in [2.05, 4.69) is 35.3 Å². The molecule has 0 radical (unpaired) electrons. The Labute approximate surface area is 169 Å². The van der Waals surface area contributed by atoms with Crippen molar-refractivity contribution in [2.24, 2.45) is 0 Å². The lowest BCUT2D eigenvalue weighted by Gasteiger charge is -2.13. The first-order chi connectivity index (χ1) is 13.4. The zero-order chi connectivity index (χ0) is 20.4. The lowest BCUT2D eigenvalue weighted by Crippen LogP contribution is -2.48. The van der Waals surface area contributed by atoms with Crippen LogP contribution in [0.15, 0.2) is 54.6 Å². The highest BCUT2D eigenvalue weighted by molar-refractivity contribution is 7.80. The van der Waals surface area contributed by atoms with Gasteiger partial charge in [-0.05, 0) is 48.0 Å². The maximum atomic E-state index is 11.8. The molecule has 2 amide bonds. The fourth-order valence-electron chi connectivity index (χ4n) is 2.18. The zero-order valence-corrected chi connectivity index (χ0v) is 16.6. The predicted octanol–water partition coefficient (Wildman–Crippen LogP) is 2.32. The molecule has 0 heterocycles. The van der Waals surface area contributed by atoms with Gasteiger partial charge in [0.25, 0.3) is 11.8 Å². The molecule has 4 N–H and O–H groups in total. The van der Waals surface area contributed by atoms with E-state index in [1.807, 2.05) is 42.5 Å². The molecule has 0 aromatic heterocycles. The number of hydrogen-bond acceptors (Lipinski definition) is 4. The van der Waals surface area contributed by atoms with Crippen molar-refractivity contribution in [3.05, 3.63) is 60.2 Å². The van der Waals surface area contributed by atoms with Gasteiger partial charge in [-0.15, -0.1) is 0 Å². The molecule has 0 unspecified atom stereocenters. The van der Waals surface area contributed by atoms with E-state index in [4.69, 9.17) is 17.0 Å². The smallest absolute Gasteiger partial charge is 0.258 e. The van der Waals surface area contributed by atoms with Crippen molar-refractivity contribution in [3.8, 4) is 5.75 Å². The molecule has 0 atom stereocenters. The molecule has 28 heavy (non-hydrogen) atoms. The van der Waals surface area contributed by atoms with Crippen LogP contribution in [0.3, 0.4) is 0 Å². The molecule has 0 saturated carbocycles. The Hall–Kier alpha value is -3.13. The third-order valence-corrected chi connectivity index (χ3v) is 3.91. The molecule has 0 bridgehead atoms. The Bertz CT molecular complexity index is 795. The van der Waals surface area contributed by atoms with Gasteiger partial charge in [0.1, 0.15) is 5.75 Å². The van der Waals surface area contributed by atoms with Gasteiger partial charge in [0.15, 0.2) is 11.7 Å². The van der Waals surface area contributed by atoms with Gasteiger partial charge in [0, 0.05) is 5.69 Å². The average Bonchev–Trinajstić information content (AvgIpc) is 2.70. The van der Waals surface area contributed by atoms with E-state index in [0.29, 0.717) is 11.7 Å². The summed E-state index contributed by atoms with van der Waals surface area (Å²) in [5.74, 6) is 0.200. The molecule has 0 saturated heterocycles. The summed E-state index contributed by atoms with van der Waals surface area (Å²) in [6.45, 7) is 3.88. The molecule has 7 nitrogen and oxygen atoms in total. The van der Waals surface area contributed by atoms with Crippen molar-refractivity contribution < 1.29 is 14.3 Å². The molecule has 2 aromatic rings. The molecule has 148 valence electrons. The van der Waals surface area contributed by atoms with Crippen LogP contribution in [0.4, 0.5) is 5.69 Å². The second-order valence-corrected chi connectivity index (χ2v) is 6.69. The van der Waals surface area contributed by atoms with Crippen LogP contribution in [0.25, 0.3) is 0 Å². The van der Waals surface area contributed by atoms with Crippen LogP contribution < -0.4 is 26.2 Å². The van der Waals surface area contributed by atoms with Crippen molar-refractivity contribution in [1.29, 1.82) is 0 Å². The van der Waals surface area contributed by atoms with Crippen LogP contribution in [0.1, 0.15) is 25.3 Å². The van der Waals surface area contributed by atoms with Gasteiger partial charge < -0.3 is 15.4 Å². The maximum Gasteiger partial charge on any atom is 0.258 e. The molecule has 8 heteroatoms. The molecule has 0 spiro atoms. The van der Waals surface area contributed by atoms with E-state index in [-0.39, 0.29) is 18.3 Å². The quantitative estimate of drug-likeness (QED) is 0.421. The molecule has 2 rings (SSSR count). The normalized spacial score (nSPS) is 10.1. The maximum absolute atomic E-state index is 11.8. The highest BCUT2D eigenvalue weighted by Crippen LogP contribution is 2.16. The molecule has 0 aliphatic rings. The van der Waals surface area contributed by atoms with Crippen LogP contribution in [0, 0.1) is 0 Å². The Kier molecular flexibility index (Phi) is 8.23. The summed E-state index contributed by atoms with van der Waals surface area (Å²) in [6.07, 6.45) is 0. The molecular formula is C20H24N4O3S. The first kappa shape index (κ1) is 21.2. The van der Waals surface area contributed by atoms with E-state index in [9.17, 15) is 9.59 Å². The van der Waals surface area contributed by atoms with Gasteiger partial charge in [0.2, 0.25) is 0 Å². The summed E-state index contributed by atoms with van der Waals surface area (Å²) >= 11 is 5.13. The minimum absolute atomic E-state index is 0.170.